The number of guanidine groups is 1. The molecule has 2 fully saturated rings. The minimum absolute atomic E-state index is 0.196. The highest BCUT2D eigenvalue weighted by molar-refractivity contribution is 5.80. The first-order valence-electron chi connectivity index (χ1n) is 9.28. The standard InChI is InChI=1S/C18H34N4O2/c1-6-21(17(23)24-18(2,3)4)13-14-9-11-22(12-10-14)16(19-5)20-15-7-8-15/h14-15H,6-13H2,1-5H3,(H,19,20). The number of likely N-dealkylation sites (tertiary alicyclic amines) is 1. The third-order valence-corrected chi connectivity index (χ3v) is 4.55. The first kappa shape index (κ1) is 18.9. The van der Waals surface area contributed by atoms with Crippen molar-refractivity contribution in [3.8, 4) is 0 Å². The van der Waals surface area contributed by atoms with Gasteiger partial charge in [0.05, 0.1) is 0 Å². The van der Waals surface area contributed by atoms with E-state index in [4.69, 9.17) is 4.74 Å². The van der Waals surface area contributed by atoms with Gasteiger partial charge in [-0.2, -0.15) is 0 Å². The number of piperidine rings is 1. The Kier molecular flexibility index (Phi) is 6.35. The van der Waals surface area contributed by atoms with Crippen LogP contribution in [0.5, 0.6) is 0 Å². The summed E-state index contributed by atoms with van der Waals surface area (Å²) in [6.07, 6.45) is 4.50. The van der Waals surface area contributed by atoms with Crippen LogP contribution in [0.2, 0.25) is 0 Å². The molecule has 0 aromatic carbocycles. The van der Waals surface area contributed by atoms with Crippen molar-refractivity contribution >= 4 is 12.1 Å². The van der Waals surface area contributed by atoms with Gasteiger partial charge in [-0.25, -0.2) is 4.79 Å². The fourth-order valence-corrected chi connectivity index (χ4v) is 3.01. The molecule has 6 nitrogen and oxygen atoms in total. The smallest absolute Gasteiger partial charge is 0.410 e. The van der Waals surface area contributed by atoms with Crippen molar-refractivity contribution in [2.75, 3.05) is 33.2 Å². The van der Waals surface area contributed by atoms with Gasteiger partial charge in [0.15, 0.2) is 5.96 Å². The predicted molar refractivity (Wildman–Crippen MR) is 97.3 cm³/mol. The molecule has 0 spiro atoms. The average molecular weight is 338 g/mol. The SMILES string of the molecule is CCN(CC1CCN(C(=NC)NC2CC2)CC1)C(=O)OC(C)(C)C. The molecular formula is C18H34N4O2. The maximum absolute atomic E-state index is 12.3. The van der Waals surface area contributed by atoms with Gasteiger partial charge in [0.25, 0.3) is 0 Å². The van der Waals surface area contributed by atoms with E-state index in [-0.39, 0.29) is 6.09 Å². The molecule has 1 aliphatic heterocycles. The summed E-state index contributed by atoms with van der Waals surface area (Å²) in [7, 11) is 1.86. The summed E-state index contributed by atoms with van der Waals surface area (Å²) in [6, 6.07) is 0.629. The molecule has 1 saturated carbocycles. The molecule has 0 radical (unpaired) electrons. The minimum atomic E-state index is -0.436. The average Bonchev–Trinajstić information content (AvgIpc) is 3.33. The van der Waals surface area contributed by atoms with Crippen LogP contribution in [0, 0.1) is 5.92 Å². The van der Waals surface area contributed by atoms with Gasteiger partial charge in [-0.05, 0) is 59.3 Å². The summed E-state index contributed by atoms with van der Waals surface area (Å²) in [6.45, 7) is 11.2. The predicted octanol–water partition coefficient (Wildman–Crippen LogP) is 2.69. The highest BCUT2D eigenvalue weighted by atomic mass is 16.6. The number of carbonyl (C=O) groups excluding carboxylic acids is 1. The third-order valence-electron chi connectivity index (χ3n) is 4.55. The highest BCUT2D eigenvalue weighted by Crippen LogP contribution is 2.22. The maximum Gasteiger partial charge on any atom is 0.410 e. The van der Waals surface area contributed by atoms with Crippen molar-refractivity contribution in [3.63, 3.8) is 0 Å². The van der Waals surface area contributed by atoms with Crippen molar-refractivity contribution in [2.45, 2.75) is 65.0 Å². The van der Waals surface area contributed by atoms with E-state index in [1.807, 2.05) is 39.6 Å². The zero-order valence-electron chi connectivity index (χ0n) is 16.0. The van der Waals surface area contributed by atoms with E-state index in [0.29, 0.717) is 18.5 Å². The number of rotatable bonds is 4. The molecule has 1 amide bonds. The lowest BCUT2D eigenvalue weighted by molar-refractivity contribution is 0.0214. The van der Waals surface area contributed by atoms with E-state index in [1.165, 1.54) is 12.8 Å². The van der Waals surface area contributed by atoms with Crippen molar-refractivity contribution in [3.05, 3.63) is 0 Å². The van der Waals surface area contributed by atoms with Crippen LogP contribution in [-0.2, 0) is 4.74 Å². The van der Waals surface area contributed by atoms with Crippen LogP contribution in [0.25, 0.3) is 0 Å². The third kappa shape index (κ3) is 5.87. The maximum atomic E-state index is 12.3. The van der Waals surface area contributed by atoms with Crippen LogP contribution >= 0.6 is 0 Å². The summed E-state index contributed by atoms with van der Waals surface area (Å²) in [5.74, 6) is 1.57. The van der Waals surface area contributed by atoms with E-state index in [1.54, 1.807) is 0 Å². The molecule has 138 valence electrons. The van der Waals surface area contributed by atoms with Crippen LogP contribution in [-0.4, -0.2) is 66.7 Å². The lowest BCUT2D eigenvalue weighted by atomic mass is 9.96. The molecule has 0 aromatic rings. The van der Waals surface area contributed by atoms with Crippen LogP contribution in [0.15, 0.2) is 4.99 Å². The van der Waals surface area contributed by atoms with Gasteiger partial charge < -0.3 is 19.9 Å². The minimum Gasteiger partial charge on any atom is -0.444 e. The summed E-state index contributed by atoms with van der Waals surface area (Å²) in [5.41, 5.74) is -0.436. The summed E-state index contributed by atoms with van der Waals surface area (Å²) < 4.78 is 5.51. The number of aliphatic imine (C=N–C) groups is 1. The molecule has 0 unspecified atom stereocenters. The van der Waals surface area contributed by atoms with E-state index >= 15 is 0 Å². The Bertz CT molecular complexity index is 446. The van der Waals surface area contributed by atoms with Crippen molar-refractivity contribution in [1.29, 1.82) is 0 Å². The van der Waals surface area contributed by atoms with E-state index < -0.39 is 5.60 Å². The summed E-state index contributed by atoms with van der Waals surface area (Å²) >= 11 is 0. The van der Waals surface area contributed by atoms with Gasteiger partial charge in [-0.3, -0.25) is 4.99 Å². The molecule has 24 heavy (non-hydrogen) atoms. The van der Waals surface area contributed by atoms with Gasteiger partial charge in [-0.15, -0.1) is 0 Å². The molecule has 1 heterocycles. The first-order valence-corrected chi connectivity index (χ1v) is 9.28. The largest absolute Gasteiger partial charge is 0.444 e. The Hall–Kier alpha value is -1.46. The molecule has 0 aromatic heterocycles. The molecule has 6 heteroatoms. The normalized spacial score (nSPS) is 20.0. The number of amides is 1. The number of hydrogen-bond acceptors (Lipinski definition) is 3. The fraction of sp³-hybridized carbons (Fsp3) is 0.889. The number of nitrogens with zero attached hydrogens (tertiary/aromatic N) is 3. The van der Waals surface area contributed by atoms with Gasteiger partial charge in [0.1, 0.15) is 5.60 Å². The molecule has 2 rings (SSSR count). The second-order valence-corrected chi connectivity index (χ2v) is 7.92. The van der Waals surface area contributed by atoms with E-state index in [2.05, 4.69) is 15.2 Å². The molecule has 1 N–H and O–H groups in total. The van der Waals surface area contributed by atoms with E-state index in [0.717, 1.165) is 38.4 Å². The van der Waals surface area contributed by atoms with Crippen molar-refractivity contribution < 1.29 is 9.53 Å². The number of ether oxygens (including phenoxy) is 1. The number of carbonyl (C=O) groups is 1. The van der Waals surface area contributed by atoms with Crippen LogP contribution in [0.3, 0.4) is 0 Å². The van der Waals surface area contributed by atoms with Crippen LogP contribution < -0.4 is 5.32 Å². The molecule has 0 atom stereocenters. The van der Waals surface area contributed by atoms with Gasteiger partial charge in [-0.1, -0.05) is 0 Å². The van der Waals surface area contributed by atoms with Gasteiger partial charge >= 0.3 is 6.09 Å². The Morgan fingerprint density at radius 2 is 1.88 bits per heavy atom. The zero-order chi connectivity index (χ0) is 17.7. The Morgan fingerprint density at radius 1 is 1.25 bits per heavy atom. The molecule has 1 aliphatic carbocycles. The molecule has 1 saturated heterocycles. The summed E-state index contributed by atoms with van der Waals surface area (Å²) in [4.78, 5) is 20.9. The highest BCUT2D eigenvalue weighted by Gasteiger charge is 2.29. The first-order chi connectivity index (χ1) is 11.3. The number of hydrogen-bond donors (Lipinski definition) is 1. The quantitative estimate of drug-likeness (QED) is 0.632. The molecule has 2 aliphatic rings. The Balaban J connectivity index is 1.79. The monoisotopic (exact) mass is 338 g/mol. The zero-order valence-corrected chi connectivity index (χ0v) is 16.0. The van der Waals surface area contributed by atoms with Gasteiger partial charge in [0, 0.05) is 39.3 Å². The Labute approximate surface area is 146 Å². The molecular weight excluding hydrogens is 304 g/mol. The molecule has 0 bridgehead atoms. The van der Waals surface area contributed by atoms with Gasteiger partial charge in [0.2, 0.25) is 0 Å². The lowest BCUT2D eigenvalue weighted by Crippen LogP contribution is -2.48. The number of nitrogens with one attached hydrogen (secondary N) is 1. The van der Waals surface area contributed by atoms with E-state index in [9.17, 15) is 4.79 Å². The van der Waals surface area contributed by atoms with Crippen molar-refractivity contribution in [2.24, 2.45) is 10.9 Å². The topological polar surface area (TPSA) is 57.2 Å². The van der Waals surface area contributed by atoms with Crippen LogP contribution in [0.4, 0.5) is 4.79 Å². The van der Waals surface area contributed by atoms with Crippen LogP contribution in [0.1, 0.15) is 53.4 Å². The van der Waals surface area contributed by atoms with Crippen molar-refractivity contribution in [1.82, 2.24) is 15.1 Å². The Morgan fingerprint density at radius 3 is 2.33 bits per heavy atom. The summed E-state index contributed by atoms with van der Waals surface area (Å²) in [5, 5.41) is 3.51. The second-order valence-electron chi connectivity index (χ2n) is 7.92. The fourth-order valence-electron chi connectivity index (χ4n) is 3.01. The lowest BCUT2D eigenvalue weighted by Gasteiger charge is -2.36. The second kappa shape index (κ2) is 8.08.